The SMILES string of the molecule is CCOC(=O)c1ccc2oc(C(=O)C(Cc3ccccc3)NC(=O)Cn3c(-c4cccc(OC)c4)ncc(N)c3=O)nc2c1. The van der Waals surface area contributed by atoms with Crippen LogP contribution in [0.5, 0.6) is 5.75 Å². The van der Waals surface area contributed by atoms with Gasteiger partial charge >= 0.3 is 5.97 Å². The number of nitrogen functional groups attached to an aromatic ring is 1. The average Bonchev–Trinajstić information content (AvgIpc) is 3.47. The monoisotopic (exact) mass is 595 g/mol. The molecular weight excluding hydrogens is 566 g/mol. The third kappa shape index (κ3) is 6.49. The summed E-state index contributed by atoms with van der Waals surface area (Å²) in [7, 11) is 1.51. The number of carbonyl (C=O) groups excluding carboxylic acids is 3. The second kappa shape index (κ2) is 13.0. The summed E-state index contributed by atoms with van der Waals surface area (Å²) in [6, 6.07) is 19.4. The van der Waals surface area contributed by atoms with E-state index in [1.165, 1.54) is 31.5 Å². The van der Waals surface area contributed by atoms with Crippen molar-refractivity contribution < 1.29 is 28.3 Å². The van der Waals surface area contributed by atoms with E-state index in [0.717, 1.165) is 10.1 Å². The van der Waals surface area contributed by atoms with Gasteiger partial charge in [0.1, 0.15) is 35.4 Å². The van der Waals surface area contributed by atoms with Crippen LogP contribution in [-0.4, -0.2) is 52.0 Å². The van der Waals surface area contributed by atoms with E-state index in [-0.39, 0.29) is 47.1 Å². The Morgan fingerprint density at radius 2 is 1.84 bits per heavy atom. The van der Waals surface area contributed by atoms with Gasteiger partial charge in [-0.1, -0.05) is 42.5 Å². The maximum Gasteiger partial charge on any atom is 0.338 e. The Hall–Kier alpha value is -5.78. The molecule has 3 aromatic carbocycles. The van der Waals surface area contributed by atoms with Gasteiger partial charge in [-0.05, 0) is 42.8 Å². The fraction of sp³-hybridized carbons (Fsp3) is 0.188. The molecule has 5 aromatic rings. The Kier molecular flexibility index (Phi) is 8.80. The molecule has 0 spiro atoms. The molecule has 5 rings (SSSR count). The van der Waals surface area contributed by atoms with Gasteiger partial charge in [0.25, 0.3) is 11.4 Å². The quantitative estimate of drug-likeness (QED) is 0.170. The first-order valence-corrected chi connectivity index (χ1v) is 13.7. The number of benzene rings is 3. The van der Waals surface area contributed by atoms with Crippen molar-refractivity contribution in [2.45, 2.75) is 25.9 Å². The first-order chi connectivity index (χ1) is 21.3. The van der Waals surface area contributed by atoms with Crippen LogP contribution in [0, 0.1) is 0 Å². The number of nitrogens with one attached hydrogen (secondary N) is 1. The number of oxazole rings is 1. The second-order valence-corrected chi connectivity index (χ2v) is 9.76. The number of nitrogens with zero attached hydrogens (tertiary/aromatic N) is 3. The molecule has 2 aromatic heterocycles. The van der Waals surface area contributed by atoms with Gasteiger partial charge in [-0.3, -0.25) is 19.0 Å². The van der Waals surface area contributed by atoms with Crippen molar-refractivity contribution in [3.8, 4) is 17.1 Å². The molecule has 0 radical (unpaired) electrons. The molecule has 2 heterocycles. The Balaban J connectivity index is 1.45. The van der Waals surface area contributed by atoms with Gasteiger partial charge in [-0.15, -0.1) is 0 Å². The standard InChI is InChI=1S/C32H29N5O7/c1-3-43-32(41)21-12-13-26-24(16-21)36-30(44-26)28(39)25(14-19-8-5-4-6-9-19)35-27(38)18-37-29(34-17-23(33)31(37)40)20-10-7-11-22(15-20)42-2/h4-13,15-17,25H,3,14,18,33H2,1-2H3,(H,35,38). The van der Waals surface area contributed by atoms with E-state index in [0.29, 0.717) is 11.3 Å². The number of amides is 1. The number of methoxy groups -OCH3 is 1. The Morgan fingerprint density at radius 3 is 2.59 bits per heavy atom. The molecule has 0 aliphatic rings. The number of ketones is 1. The summed E-state index contributed by atoms with van der Waals surface area (Å²) in [5.74, 6) is -1.28. The van der Waals surface area contributed by atoms with Crippen LogP contribution in [0.15, 0.2) is 88.2 Å². The molecule has 0 bridgehead atoms. The maximum atomic E-state index is 13.7. The van der Waals surface area contributed by atoms with Crippen molar-refractivity contribution in [3.05, 3.63) is 106 Å². The van der Waals surface area contributed by atoms with E-state index in [1.54, 1.807) is 31.2 Å². The number of nitrogens with two attached hydrogens (primary N) is 1. The number of hydrogen-bond acceptors (Lipinski definition) is 10. The van der Waals surface area contributed by atoms with Gasteiger partial charge in [0.15, 0.2) is 5.58 Å². The minimum Gasteiger partial charge on any atom is -0.497 e. The number of rotatable bonds is 11. The molecule has 1 atom stereocenters. The zero-order valence-corrected chi connectivity index (χ0v) is 24.0. The average molecular weight is 596 g/mol. The molecule has 0 saturated heterocycles. The molecule has 0 aliphatic carbocycles. The van der Waals surface area contributed by atoms with Crippen LogP contribution in [0.25, 0.3) is 22.5 Å². The van der Waals surface area contributed by atoms with Crippen molar-refractivity contribution in [1.29, 1.82) is 0 Å². The molecule has 44 heavy (non-hydrogen) atoms. The third-order valence-corrected chi connectivity index (χ3v) is 6.75. The zero-order valence-electron chi connectivity index (χ0n) is 24.0. The number of aromatic nitrogens is 3. The highest BCUT2D eigenvalue weighted by atomic mass is 16.5. The lowest BCUT2D eigenvalue weighted by molar-refractivity contribution is -0.122. The predicted molar refractivity (Wildman–Crippen MR) is 161 cm³/mol. The molecule has 12 heteroatoms. The molecule has 1 amide bonds. The normalized spacial score (nSPS) is 11.6. The van der Waals surface area contributed by atoms with E-state index in [4.69, 9.17) is 19.6 Å². The molecule has 12 nitrogen and oxygen atoms in total. The highest BCUT2D eigenvalue weighted by Gasteiger charge is 2.28. The van der Waals surface area contributed by atoms with E-state index < -0.39 is 35.8 Å². The van der Waals surface area contributed by atoms with E-state index in [2.05, 4.69) is 15.3 Å². The number of ether oxygens (including phenoxy) is 2. The summed E-state index contributed by atoms with van der Waals surface area (Å²) in [5, 5.41) is 2.74. The lowest BCUT2D eigenvalue weighted by Crippen LogP contribution is -2.45. The summed E-state index contributed by atoms with van der Waals surface area (Å²) in [5.41, 5.74) is 7.22. The molecule has 0 saturated carbocycles. The van der Waals surface area contributed by atoms with Crippen molar-refractivity contribution in [1.82, 2.24) is 19.9 Å². The van der Waals surface area contributed by atoms with Crippen LogP contribution in [0.4, 0.5) is 5.69 Å². The largest absolute Gasteiger partial charge is 0.497 e. The molecular formula is C32H29N5O7. The second-order valence-electron chi connectivity index (χ2n) is 9.76. The number of Topliss-reactive ketones (excluding diaryl/α,β-unsaturated/α-hetero) is 1. The van der Waals surface area contributed by atoms with Gasteiger partial charge < -0.3 is 24.9 Å². The van der Waals surface area contributed by atoms with Crippen molar-refractivity contribution in [3.63, 3.8) is 0 Å². The summed E-state index contributed by atoms with van der Waals surface area (Å²) in [4.78, 5) is 61.0. The van der Waals surface area contributed by atoms with Crippen LogP contribution < -0.4 is 21.3 Å². The van der Waals surface area contributed by atoms with E-state index >= 15 is 0 Å². The summed E-state index contributed by atoms with van der Waals surface area (Å²) >= 11 is 0. The van der Waals surface area contributed by atoms with Crippen molar-refractivity contribution >= 4 is 34.4 Å². The molecule has 0 aliphatic heterocycles. The number of anilines is 1. The molecule has 3 N–H and O–H groups in total. The van der Waals surface area contributed by atoms with Crippen molar-refractivity contribution in [2.75, 3.05) is 19.5 Å². The van der Waals surface area contributed by atoms with Crippen LogP contribution >= 0.6 is 0 Å². The molecule has 0 fully saturated rings. The van der Waals surface area contributed by atoms with E-state index in [1.807, 2.05) is 30.3 Å². The summed E-state index contributed by atoms with van der Waals surface area (Å²) < 4.78 is 17.2. The van der Waals surface area contributed by atoms with Gasteiger partial charge in [0.05, 0.1) is 25.5 Å². The van der Waals surface area contributed by atoms with Gasteiger partial charge in [0.2, 0.25) is 11.7 Å². The maximum absolute atomic E-state index is 13.7. The molecule has 224 valence electrons. The van der Waals surface area contributed by atoms with Gasteiger partial charge in [-0.2, -0.15) is 0 Å². The van der Waals surface area contributed by atoms with Crippen LogP contribution in [0.1, 0.15) is 33.5 Å². The minimum atomic E-state index is -1.10. The van der Waals surface area contributed by atoms with Crippen LogP contribution in [0.2, 0.25) is 0 Å². The summed E-state index contributed by atoms with van der Waals surface area (Å²) in [6.07, 6.45) is 1.35. The number of carbonyl (C=O) groups is 3. The van der Waals surface area contributed by atoms with Crippen LogP contribution in [0.3, 0.4) is 0 Å². The number of esters is 1. The fourth-order valence-electron chi connectivity index (χ4n) is 4.61. The van der Waals surface area contributed by atoms with Gasteiger partial charge in [0, 0.05) is 12.0 Å². The third-order valence-electron chi connectivity index (χ3n) is 6.75. The lowest BCUT2D eigenvalue weighted by atomic mass is 10.0. The first kappa shape index (κ1) is 29.7. The molecule has 1 unspecified atom stereocenters. The summed E-state index contributed by atoms with van der Waals surface area (Å²) in [6.45, 7) is 1.43. The van der Waals surface area contributed by atoms with Crippen LogP contribution in [-0.2, 0) is 22.5 Å². The van der Waals surface area contributed by atoms with Gasteiger partial charge in [-0.25, -0.2) is 14.8 Å². The zero-order chi connectivity index (χ0) is 31.2. The Labute approximate surface area is 251 Å². The smallest absolute Gasteiger partial charge is 0.338 e. The van der Waals surface area contributed by atoms with Crippen molar-refractivity contribution in [2.24, 2.45) is 0 Å². The predicted octanol–water partition coefficient (Wildman–Crippen LogP) is 3.43. The highest BCUT2D eigenvalue weighted by Crippen LogP contribution is 2.22. The number of fused-ring (bicyclic) bond motifs is 1. The Bertz CT molecular complexity index is 1900. The van der Waals surface area contributed by atoms with E-state index in [9.17, 15) is 19.2 Å². The highest BCUT2D eigenvalue weighted by molar-refractivity contribution is 6.01. The number of hydrogen-bond donors (Lipinski definition) is 2. The lowest BCUT2D eigenvalue weighted by Gasteiger charge is -2.18. The first-order valence-electron chi connectivity index (χ1n) is 13.7. The fourth-order valence-corrected chi connectivity index (χ4v) is 4.61. The topological polar surface area (TPSA) is 169 Å². The minimum absolute atomic E-state index is 0.116. The Morgan fingerprint density at radius 1 is 1.05 bits per heavy atom.